The van der Waals surface area contributed by atoms with Crippen LogP contribution in [0.5, 0.6) is 0 Å². The van der Waals surface area contributed by atoms with E-state index < -0.39 is 0 Å². The molecule has 1 heterocycles. The Bertz CT molecular complexity index is 767. The van der Waals surface area contributed by atoms with Crippen molar-refractivity contribution in [1.29, 1.82) is 0 Å². The van der Waals surface area contributed by atoms with Crippen LogP contribution < -0.4 is 10.6 Å². The number of rotatable bonds is 4. The fraction of sp³-hybridized carbons (Fsp3) is 0.333. The van der Waals surface area contributed by atoms with Crippen molar-refractivity contribution in [2.24, 2.45) is 0 Å². The lowest BCUT2D eigenvalue weighted by Crippen LogP contribution is -2.35. The van der Waals surface area contributed by atoms with E-state index in [1.54, 1.807) is 0 Å². The Balaban J connectivity index is 1.60. The van der Waals surface area contributed by atoms with Gasteiger partial charge in [0.15, 0.2) is 5.11 Å². The Kier molecular flexibility index (Phi) is 6.23. The number of hydrogen-bond donors (Lipinski definition) is 2. The summed E-state index contributed by atoms with van der Waals surface area (Å²) in [6.07, 6.45) is 4.37. The van der Waals surface area contributed by atoms with E-state index in [1.807, 2.05) is 47.4 Å². The molecular weight excluding hydrogens is 342 g/mol. The number of para-hydroxylation sites is 1. The van der Waals surface area contributed by atoms with Crippen LogP contribution >= 0.6 is 12.2 Å². The molecule has 2 N–H and O–H groups in total. The molecule has 26 heavy (non-hydrogen) atoms. The zero-order chi connectivity index (χ0) is 18.4. The molecule has 1 fully saturated rings. The van der Waals surface area contributed by atoms with Crippen LogP contribution in [0.25, 0.3) is 0 Å². The number of nitrogens with zero attached hydrogens (tertiary/aromatic N) is 1. The van der Waals surface area contributed by atoms with Crippen molar-refractivity contribution in [3.05, 3.63) is 59.7 Å². The van der Waals surface area contributed by atoms with E-state index in [4.69, 9.17) is 12.2 Å². The van der Waals surface area contributed by atoms with Gasteiger partial charge in [0.25, 0.3) is 5.91 Å². The summed E-state index contributed by atoms with van der Waals surface area (Å²) in [6, 6.07) is 15.7. The zero-order valence-electron chi connectivity index (χ0n) is 15.1. The molecule has 0 radical (unpaired) electrons. The zero-order valence-corrected chi connectivity index (χ0v) is 15.9. The first-order chi connectivity index (χ1) is 12.7. The third kappa shape index (κ3) is 4.61. The number of thiocarbonyl (C=S) groups is 1. The number of piperidine rings is 1. The summed E-state index contributed by atoms with van der Waals surface area (Å²) < 4.78 is 0. The molecule has 0 saturated carbocycles. The Labute approximate surface area is 160 Å². The number of nitrogens with one attached hydrogen (secondary N) is 2. The lowest BCUT2D eigenvalue weighted by Gasteiger charge is -2.26. The lowest BCUT2D eigenvalue weighted by atomic mass is 10.1. The second kappa shape index (κ2) is 8.81. The summed E-state index contributed by atoms with van der Waals surface area (Å²) in [5, 5.41) is 6.97. The van der Waals surface area contributed by atoms with Crippen LogP contribution in [0.2, 0.25) is 0 Å². The Morgan fingerprint density at radius 3 is 2.38 bits per heavy atom. The second-order valence-electron chi connectivity index (χ2n) is 6.52. The standard InChI is InChI=1S/C21H25N3OS/c1-2-16-8-4-5-9-19(16)23-21(26)22-18-12-10-17(11-13-18)20(25)24-14-6-3-7-15-24/h4-5,8-13H,2-3,6-7,14-15H2,1H3,(H2,22,23,26). The van der Waals surface area contributed by atoms with Crippen LogP contribution in [0.15, 0.2) is 48.5 Å². The van der Waals surface area contributed by atoms with Crippen LogP contribution in [0.1, 0.15) is 42.1 Å². The highest BCUT2D eigenvalue weighted by Crippen LogP contribution is 2.18. The first kappa shape index (κ1) is 18.4. The minimum absolute atomic E-state index is 0.119. The SMILES string of the molecule is CCc1ccccc1NC(=S)Nc1ccc(C(=O)N2CCCCC2)cc1. The molecule has 0 aromatic heterocycles. The topological polar surface area (TPSA) is 44.4 Å². The quantitative estimate of drug-likeness (QED) is 0.770. The van der Waals surface area contributed by atoms with Crippen molar-refractivity contribution >= 4 is 34.6 Å². The smallest absolute Gasteiger partial charge is 0.253 e. The number of hydrogen-bond acceptors (Lipinski definition) is 2. The van der Waals surface area contributed by atoms with Crippen LogP contribution in [-0.4, -0.2) is 29.0 Å². The van der Waals surface area contributed by atoms with Crippen molar-refractivity contribution in [3.63, 3.8) is 0 Å². The van der Waals surface area contributed by atoms with Gasteiger partial charge < -0.3 is 15.5 Å². The van der Waals surface area contributed by atoms with Gasteiger partial charge in [-0.1, -0.05) is 25.1 Å². The highest BCUT2D eigenvalue weighted by Gasteiger charge is 2.17. The predicted molar refractivity (Wildman–Crippen MR) is 112 cm³/mol. The van der Waals surface area contributed by atoms with Gasteiger partial charge in [-0.25, -0.2) is 0 Å². The molecule has 1 saturated heterocycles. The van der Waals surface area contributed by atoms with Gasteiger partial charge in [-0.15, -0.1) is 0 Å². The summed E-state index contributed by atoms with van der Waals surface area (Å²) in [5.41, 5.74) is 3.84. The molecule has 0 atom stereocenters. The molecular formula is C21H25N3OS. The second-order valence-corrected chi connectivity index (χ2v) is 6.93. The van der Waals surface area contributed by atoms with Gasteiger partial charge in [0.05, 0.1) is 0 Å². The lowest BCUT2D eigenvalue weighted by molar-refractivity contribution is 0.0724. The van der Waals surface area contributed by atoms with Crippen molar-refractivity contribution in [1.82, 2.24) is 4.90 Å². The molecule has 2 aromatic rings. The molecule has 4 nitrogen and oxygen atoms in total. The Morgan fingerprint density at radius 2 is 1.69 bits per heavy atom. The van der Waals surface area contributed by atoms with E-state index in [1.165, 1.54) is 12.0 Å². The summed E-state index contributed by atoms with van der Waals surface area (Å²) in [7, 11) is 0. The molecule has 1 aliphatic rings. The third-order valence-electron chi connectivity index (χ3n) is 4.68. The molecule has 1 amide bonds. The van der Waals surface area contributed by atoms with Gasteiger partial charge in [-0.2, -0.15) is 0 Å². The molecule has 0 unspecified atom stereocenters. The van der Waals surface area contributed by atoms with Gasteiger partial charge in [-0.05, 0) is 73.8 Å². The average Bonchev–Trinajstić information content (AvgIpc) is 2.69. The van der Waals surface area contributed by atoms with E-state index in [0.717, 1.165) is 49.3 Å². The minimum Gasteiger partial charge on any atom is -0.339 e. The highest BCUT2D eigenvalue weighted by atomic mass is 32.1. The van der Waals surface area contributed by atoms with Crippen LogP contribution in [0.4, 0.5) is 11.4 Å². The highest BCUT2D eigenvalue weighted by molar-refractivity contribution is 7.80. The van der Waals surface area contributed by atoms with Crippen LogP contribution in [0, 0.1) is 0 Å². The van der Waals surface area contributed by atoms with Gasteiger partial charge in [0.2, 0.25) is 0 Å². The van der Waals surface area contributed by atoms with Gasteiger partial charge in [0, 0.05) is 30.0 Å². The maximum Gasteiger partial charge on any atom is 0.253 e. The Morgan fingerprint density at radius 1 is 1.00 bits per heavy atom. The largest absolute Gasteiger partial charge is 0.339 e. The first-order valence-corrected chi connectivity index (χ1v) is 9.63. The Hall–Kier alpha value is -2.40. The van der Waals surface area contributed by atoms with E-state index in [2.05, 4.69) is 23.6 Å². The van der Waals surface area contributed by atoms with E-state index >= 15 is 0 Å². The number of likely N-dealkylation sites (tertiary alicyclic amines) is 1. The first-order valence-electron chi connectivity index (χ1n) is 9.22. The molecule has 0 spiro atoms. The summed E-state index contributed by atoms with van der Waals surface area (Å²) in [4.78, 5) is 14.5. The van der Waals surface area contributed by atoms with Crippen LogP contribution in [-0.2, 0) is 6.42 Å². The molecule has 0 bridgehead atoms. The average molecular weight is 368 g/mol. The van der Waals surface area contributed by atoms with Crippen molar-refractivity contribution < 1.29 is 4.79 Å². The third-order valence-corrected chi connectivity index (χ3v) is 4.88. The van der Waals surface area contributed by atoms with Gasteiger partial charge in [-0.3, -0.25) is 4.79 Å². The summed E-state index contributed by atoms with van der Waals surface area (Å²) in [6.45, 7) is 3.85. The van der Waals surface area contributed by atoms with E-state index in [0.29, 0.717) is 5.11 Å². The number of benzene rings is 2. The minimum atomic E-state index is 0.119. The number of amides is 1. The fourth-order valence-electron chi connectivity index (χ4n) is 3.21. The summed E-state index contributed by atoms with van der Waals surface area (Å²) in [5.74, 6) is 0.119. The molecule has 136 valence electrons. The maximum absolute atomic E-state index is 12.5. The number of carbonyl (C=O) groups is 1. The molecule has 2 aromatic carbocycles. The van der Waals surface area contributed by atoms with Crippen molar-refractivity contribution in [2.45, 2.75) is 32.6 Å². The number of anilines is 2. The van der Waals surface area contributed by atoms with Gasteiger partial charge in [0.1, 0.15) is 0 Å². The predicted octanol–water partition coefficient (Wildman–Crippen LogP) is 4.68. The molecule has 3 rings (SSSR count). The van der Waals surface area contributed by atoms with Crippen molar-refractivity contribution in [2.75, 3.05) is 23.7 Å². The number of aryl methyl sites for hydroxylation is 1. The normalized spacial score (nSPS) is 14.0. The number of carbonyl (C=O) groups excluding carboxylic acids is 1. The van der Waals surface area contributed by atoms with E-state index in [9.17, 15) is 4.79 Å². The summed E-state index contributed by atoms with van der Waals surface area (Å²) >= 11 is 5.42. The van der Waals surface area contributed by atoms with Crippen molar-refractivity contribution in [3.8, 4) is 0 Å². The monoisotopic (exact) mass is 367 g/mol. The molecule has 1 aliphatic heterocycles. The van der Waals surface area contributed by atoms with Crippen LogP contribution in [0.3, 0.4) is 0 Å². The maximum atomic E-state index is 12.5. The van der Waals surface area contributed by atoms with E-state index in [-0.39, 0.29) is 5.91 Å². The fourth-order valence-corrected chi connectivity index (χ4v) is 3.44. The molecule has 5 heteroatoms. The molecule has 0 aliphatic carbocycles. The van der Waals surface area contributed by atoms with Gasteiger partial charge >= 0.3 is 0 Å².